The fourth-order valence-corrected chi connectivity index (χ4v) is 5.95. The van der Waals surface area contributed by atoms with Crippen LogP contribution in [0.3, 0.4) is 0 Å². The van der Waals surface area contributed by atoms with Gasteiger partial charge in [0.2, 0.25) is 0 Å². The van der Waals surface area contributed by atoms with E-state index in [0.29, 0.717) is 36.6 Å². The lowest BCUT2D eigenvalue weighted by Crippen LogP contribution is -2.61. The van der Waals surface area contributed by atoms with Gasteiger partial charge in [-0.3, -0.25) is 4.79 Å². The van der Waals surface area contributed by atoms with Crippen LogP contribution in [0.5, 0.6) is 0 Å². The van der Waals surface area contributed by atoms with Crippen LogP contribution < -0.4 is 4.65 Å². The van der Waals surface area contributed by atoms with E-state index < -0.39 is 0 Å². The maximum atomic E-state index is 13.0. The molecule has 4 heteroatoms. The first-order valence-electron chi connectivity index (χ1n) is 9.16. The second kappa shape index (κ2) is 4.78. The Morgan fingerprint density at radius 1 is 1.21 bits per heavy atom. The zero-order chi connectivity index (χ0) is 16.6. The number of likely N-dealkylation sites (N-methyl/N-ethyl adjacent to an activating group) is 1. The first kappa shape index (κ1) is 14.8. The van der Waals surface area contributed by atoms with Crippen molar-refractivity contribution >= 4 is 11.5 Å². The van der Waals surface area contributed by atoms with E-state index in [0.717, 1.165) is 23.4 Å². The van der Waals surface area contributed by atoms with Crippen LogP contribution in [0, 0.1) is 11.8 Å². The minimum Gasteiger partial charge on any atom is -0.301 e. The molecule has 0 saturated heterocycles. The fourth-order valence-electron chi connectivity index (χ4n) is 5.95. The van der Waals surface area contributed by atoms with Crippen LogP contribution in [0.4, 0.5) is 5.69 Å². The van der Waals surface area contributed by atoms with E-state index in [2.05, 4.69) is 19.0 Å². The van der Waals surface area contributed by atoms with Gasteiger partial charge >= 0.3 is 0 Å². The van der Waals surface area contributed by atoms with Crippen molar-refractivity contribution in [2.45, 2.75) is 37.6 Å². The number of fused-ring (bicyclic) bond motifs is 3. The first-order chi connectivity index (χ1) is 11.5. The van der Waals surface area contributed by atoms with Crippen LogP contribution in [0.25, 0.3) is 0 Å². The van der Waals surface area contributed by atoms with Gasteiger partial charge in [0.25, 0.3) is 0 Å². The van der Waals surface area contributed by atoms with Crippen LogP contribution in [0.15, 0.2) is 35.5 Å². The SMILES string of the molecule is CN(C)C1C[N+]2(O)C3=C4C(CCCC41)CC(=O)C3c1ccccc12. The maximum Gasteiger partial charge on any atom is 0.174 e. The number of hydrogen-bond donors (Lipinski definition) is 1. The zero-order valence-corrected chi connectivity index (χ0v) is 14.4. The average Bonchev–Trinajstić information content (AvgIpc) is 2.84. The van der Waals surface area contributed by atoms with Crippen molar-refractivity contribution in [3.05, 3.63) is 41.1 Å². The Labute approximate surface area is 142 Å². The Kier molecular flexibility index (Phi) is 2.95. The summed E-state index contributed by atoms with van der Waals surface area (Å²) < 4.78 is -0.127. The van der Waals surface area contributed by atoms with Gasteiger partial charge in [0.1, 0.15) is 12.5 Å². The molecule has 5 atom stereocenters. The molecular formula is C20H25N2O2+. The smallest absolute Gasteiger partial charge is 0.174 e. The summed E-state index contributed by atoms with van der Waals surface area (Å²) in [6.07, 6.45) is 4.15. The molecule has 2 heterocycles. The van der Waals surface area contributed by atoms with Gasteiger partial charge in [-0.05, 0) is 38.4 Å². The van der Waals surface area contributed by atoms with Gasteiger partial charge in [0.05, 0.1) is 6.04 Å². The number of para-hydroxylation sites is 1. The van der Waals surface area contributed by atoms with Crippen LogP contribution >= 0.6 is 0 Å². The highest BCUT2D eigenvalue weighted by Crippen LogP contribution is 2.59. The molecule has 1 aromatic carbocycles. The number of rotatable bonds is 1. The van der Waals surface area contributed by atoms with Gasteiger partial charge in [-0.25, -0.2) is 5.21 Å². The van der Waals surface area contributed by atoms with Crippen LogP contribution in [0.2, 0.25) is 0 Å². The van der Waals surface area contributed by atoms with Gasteiger partial charge < -0.3 is 4.90 Å². The lowest BCUT2D eigenvalue weighted by molar-refractivity contribution is -0.125. The monoisotopic (exact) mass is 325 g/mol. The number of nitrogens with zero attached hydrogens (tertiary/aromatic N) is 2. The molecule has 0 bridgehead atoms. The third-order valence-corrected chi connectivity index (χ3v) is 6.87. The molecule has 1 saturated carbocycles. The largest absolute Gasteiger partial charge is 0.301 e. The first-order valence-corrected chi connectivity index (χ1v) is 9.16. The van der Waals surface area contributed by atoms with E-state index in [-0.39, 0.29) is 10.6 Å². The highest BCUT2D eigenvalue weighted by Gasteiger charge is 2.62. The van der Waals surface area contributed by atoms with Gasteiger partial charge in [-0.1, -0.05) is 24.6 Å². The normalized spacial score (nSPS) is 39.9. The van der Waals surface area contributed by atoms with Crippen molar-refractivity contribution in [1.29, 1.82) is 0 Å². The van der Waals surface area contributed by atoms with E-state index in [4.69, 9.17) is 0 Å². The molecule has 0 amide bonds. The predicted octanol–water partition coefficient (Wildman–Crippen LogP) is 3.07. The Morgan fingerprint density at radius 2 is 2.00 bits per heavy atom. The number of allylic oxidation sites excluding steroid dienone is 1. The van der Waals surface area contributed by atoms with Gasteiger partial charge in [-0.15, -0.1) is 4.65 Å². The quantitative estimate of drug-likeness (QED) is 0.807. The van der Waals surface area contributed by atoms with Gasteiger partial charge in [-0.2, -0.15) is 0 Å². The number of carbonyl (C=O) groups is 1. The topological polar surface area (TPSA) is 40.5 Å². The summed E-state index contributed by atoms with van der Waals surface area (Å²) in [5.74, 6) is 0.951. The number of carbonyl (C=O) groups excluding carboxylic acids is 1. The molecule has 4 nitrogen and oxygen atoms in total. The van der Waals surface area contributed by atoms with E-state index in [1.54, 1.807) is 0 Å². The van der Waals surface area contributed by atoms with Crippen molar-refractivity contribution in [3.63, 3.8) is 0 Å². The molecule has 0 spiro atoms. The summed E-state index contributed by atoms with van der Waals surface area (Å²) in [5.41, 5.74) is 4.42. The number of benzene rings is 1. The van der Waals surface area contributed by atoms with Crippen molar-refractivity contribution < 1.29 is 10.0 Å². The van der Waals surface area contributed by atoms with Gasteiger partial charge in [0.15, 0.2) is 17.2 Å². The highest BCUT2D eigenvalue weighted by atomic mass is 16.5. The number of ketones is 1. The molecule has 1 aromatic rings. The molecule has 1 N–H and O–H groups in total. The molecule has 2 aliphatic heterocycles. The lowest BCUT2D eigenvalue weighted by Gasteiger charge is -2.49. The minimum absolute atomic E-state index is 0.127. The Hall–Kier alpha value is -1.49. The van der Waals surface area contributed by atoms with Crippen molar-refractivity contribution in [2.75, 3.05) is 20.6 Å². The maximum absolute atomic E-state index is 13.0. The molecule has 5 unspecified atom stereocenters. The van der Waals surface area contributed by atoms with Gasteiger partial charge in [0, 0.05) is 24.0 Å². The van der Waals surface area contributed by atoms with Crippen LogP contribution in [0.1, 0.15) is 37.2 Å². The molecular weight excluding hydrogens is 300 g/mol. The number of hydroxylamine groups is 2. The Bertz CT molecular complexity index is 769. The third kappa shape index (κ3) is 1.66. The lowest BCUT2D eigenvalue weighted by atomic mass is 9.64. The summed E-state index contributed by atoms with van der Waals surface area (Å²) in [6, 6.07) is 8.37. The summed E-state index contributed by atoms with van der Waals surface area (Å²) in [5, 5.41) is 11.8. The van der Waals surface area contributed by atoms with E-state index in [1.807, 2.05) is 24.3 Å². The zero-order valence-electron chi connectivity index (χ0n) is 14.4. The average molecular weight is 325 g/mol. The Morgan fingerprint density at radius 3 is 2.79 bits per heavy atom. The number of quaternary nitrogens is 1. The molecule has 0 radical (unpaired) electrons. The summed E-state index contributed by atoms with van der Waals surface area (Å²) >= 11 is 0. The molecule has 0 aromatic heterocycles. The van der Waals surface area contributed by atoms with E-state index in [9.17, 15) is 10.0 Å². The molecule has 126 valence electrons. The highest BCUT2D eigenvalue weighted by molar-refractivity contribution is 5.95. The van der Waals surface area contributed by atoms with Crippen LogP contribution in [-0.4, -0.2) is 42.6 Å². The van der Waals surface area contributed by atoms with Crippen LogP contribution in [-0.2, 0) is 4.79 Å². The predicted molar refractivity (Wildman–Crippen MR) is 92.6 cm³/mol. The van der Waals surface area contributed by atoms with E-state index in [1.165, 1.54) is 18.4 Å². The standard InChI is InChI=1S/C20H25N2O2/c1-21(2)15-11-22(24)16-9-4-3-7-14(16)19-17(23)10-12-6-5-8-13(15)18(12)20(19)22/h3-4,7,9,12-13,15,19,24H,5-6,8,10-11H2,1-2H3/q+1. The molecule has 2 aliphatic carbocycles. The molecule has 1 fully saturated rings. The Balaban J connectivity index is 1.81. The summed E-state index contributed by atoms with van der Waals surface area (Å²) in [6.45, 7) is 0.657. The second-order valence-electron chi connectivity index (χ2n) is 8.22. The van der Waals surface area contributed by atoms with Crippen molar-refractivity contribution in [3.8, 4) is 0 Å². The minimum atomic E-state index is -0.207. The van der Waals surface area contributed by atoms with Crippen molar-refractivity contribution in [1.82, 2.24) is 9.55 Å². The molecule has 24 heavy (non-hydrogen) atoms. The fraction of sp³-hybridized carbons (Fsp3) is 0.550. The summed E-state index contributed by atoms with van der Waals surface area (Å²) in [7, 11) is 4.25. The molecule has 5 rings (SSSR count). The summed E-state index contributed by atoms with van der Waals surface area (Å²) in [4.78, 5) is 15.2. The second-order valence-corrected chi connectivity index (χ2v) is 8.22. The number of Topliss-reactive ketones (excluding diaryl/α,β-unsaturated/α-hetero) is 1. The van der Waals surface area contributed by atoms with Crippen molar-refractivity contribution in [2.24, 2.45) is 11.8 Å². The number of hydrogen-bond acceptors (Lipinski definition) is 3. The van der Waals surface area contributed by atoms with E-state index >= 15 is 0 Å². The molecule has 4 aliphatic rings. The third-order valence-electron chi connectivity index (χ3n) is 6.87.